The van der Waals surface area contributed by atoms with E-state index in [2.05, 4.69) is 4.90 Å². The minimum Gasteiger partial charge on any atom is -0.382 e. The molecule has 0 N–H and O–H groups in total. The van der Waals surface area contributed by atoms with E-state index in [1.165, 1.54) is 26.1 Å². The quantitative estimate of drug-likeness (QED) is 0.400. The second-order valence-corrected chi connectivity index (χ2v) is 2.39. The van der Waals surface area contributed by atoms with Crippen molar-refractivity contribution in [3.8, 4) is 0 Å². The number of nitrogens with zero attached hydrogens (tertiary/aromatic N) is 1. The lowest BCUT2D eigenvalue weighted by molar-refractivity contribution is 0.142. The van der Waals surface area contributed by atoms with Crippen LogP contribution in [0.2, 0.25) is 0 Å². The van der Waals surface area contributed by atoms with E-state index in [4.69, 9.17) is 4.74 Å². The van der Waals surface area contributed by atoms with Gasteiger partial charge in [0, 0.05) is 32.8 Å². The molecule has 0 atom stereocenters. The molecule has 0 saturated carbocycles. The average Bonchev–Trinajstić information content (AvgIpc) is 2.63. The van der Waals surface area contributed by atoms with Gasteiger partial charge in [0.05, 0.1) is 0 Å². The van der Waals surface area contributed by atoms with E-state index in [0.717, 1.165) is 13.2 Å². The molecule has 0 aromatic carbocycles. The van der Waals surface area contributed by atoms with Crippen LogP contribution in [0.1, 0.15) is 13.3 Å². The molecule has 1 heterocycles. The summed E-state index contributed by atoms with van der Waals surface area (Å²) >= 11 is 0. The van der Waals surface area contributed by atoms with Crippen LogP contribution in [0.15, 0.2) is 0 Å². The average molecular weight is 129 g/mol. The highest BCUT2D eigenvalue weighted by Gasteiger charge is 2.14. The molecule has 54 valence electrons. The fourth-order valence-corrected chi connectivity index (χ4v) is 0.829. The zero-order valence-corrected chi connectivity index (χ0v) is 6.10. The third-order valence-corrected chi connectivity index (χ3v) is 1.51. The molecule has 1 fully saturated rings. The van der Waals surface area contributed by atoms with Gasteiger partial charge in [-0.1, -0.05) is 0 Å². The van der Waals surface area contributed by atoms with Crippen molar-refractivity contribution in [2.24, 2.45) is 0 Å². The highest BCUT2D eigenvalue weighted by atomic mass is 16.5. The summed E-state index contributed by atoms with van der Waals surface area (Å²) in [5, 5.41) is 0. The van der Waals surface area contributed by atoms with Crippen LogP contribution in [0.4, 0.5) is 0 Å². The maximum atomic E-state index is 5.18. The zero-order valence-electron chi connectivity index (χ0n) is 6.10. The Labute approximate surface area is 56.8 Å². The summed E-state index contributed by atoms with van der Waals surface area (Å²) in [6.07, 6.45) is 1.20. The van der Waals surface area contributed by atoms with Gasteiger partial charge in [-0.3, -0.25) is 0 Å². The Morgan fingerprint density at radius 3 is 2.78 bits per heavy atom. The van der Waals surface area contributed by atoms with Gasteiger partial charge in [0.15, 0.2) is 0 Å². The van der Waals surface area contributed by atoms with Gasteiger partial charge in [-0.2, -0.15) is 0 Å². The Balaban J connectivity index is 1.71. The van der Waals surface area contributed by atoms with Crippen LogP contribution in [0.3, 0.4) is 0 Å². The highest BCUT2D eigenvalue weighted by molar-refractivity contribution is 4.71. The van der Waals surface area contributed by atoms with Gasteiger partial charge >= 0.3 is 0 Å². The van der Waals surface area contributed by atoms with Gasteiger partial charge in [-0.25, -0.2) is 0 Å². The predicted octanol–water partition coefficient (Wildman–Crippen LogP) is 0.729. The summed E-state index contributed by atoms with van der Waals surface area (Å²) in [5.41, 5.74) is 0. The Bertz CT molecular complexity index is 71.3. The standard InChI is InChI=1S/C7H15NO/c1-2-9-7-3-4-8-5-6-8/h2-7H2,1H3. The number of ether oxygens (including phenoxy) is 1. The Kier molecular flexibility index (Phi) is 3.01. The molecule has 0 amide bonds. The van der Waals surface area contributed by atoms with Crippen molar-refractivity contribution >= 4 is 0 Å². The molecule has 1 rings (SSSR count). The summed E-state index contributed by atoms with van der Waals surface area (Å²) in [6.45, 7) is 7.70. The largest absolute Gasteiger partial charge is 0.382 e. The van der Waals surface area contributed by atoms with Crippen molar-refractivity contribution in [2.45, 2.75) is 13.3 Å². The molecule has 0 aliphatic carbocycles. The van der Waals surface area contributed by atoms with Crippen molar-refractivity contribution in [3.63, 3.8) is 0 Å². The van der Waals surface area contributed by atoms with Crippen molar-refractivity contribution in [1.29, 1.82) is 0 Å². The first-order valence-corrected chi connectivity index (χ1v) is 3.73. The van der Waals surface area contributed by atoms with Gasteiger partial charge < -0.3 is 9.64 Å². The van der Waals surface area contributed by atoms with Crippen LogP contribution in [0, 0.1) is 0 Å². The maximum absolute atomic E-state index is 5.18. The summed E-state index contributed by atoms with van der Waals surface area (Å²) in [7, 11) is 0. The van der Waals surface area contributed by atoms with Crippen LogP contribution in [0.25, 0.3) is 0 Å². The van der Waals surface area contributed by atoms with Gasteiger partial charge in [0.25, 0.3) is 0 Å². The molecule has 0 radical (unpaired) electrons. The Morgan fingerprint density at radius 2 is 2.22 bits per heavy atom. The Hall–Kier alpha value is -0.0800. The molecule has 2 nitrogen and oxygen atoms in total. The van der Waals surface area contributed by atoms with Crippen molar-refractivity contribution in [3.05, 3.63) is 0 Å². The van der Waals surface area contributed by atoms with E-state index in [9.17, 15) is 0 Å². The van der Waals surface area contributed by atoms with Crippen LogP contribution < -0.4 is 0 Å². The zero-order chi connectivity index (χ0) is 6.53. The predicted molar refractivity (Wildman–Crippen MR) is 37.5 cm³/mol. The molecule has 1 aliphatic rings. The van der Waals surface area contributed by atoms with Gasteiger partial charge in [-0.05, 0) is 13.3 Å². The summed E-state index contributed by atoms with van der Waals surface area (Å²) in [5.74, 6) is 0. The molecule has 2 heteroatoms. The lowest BCUT2D eigenvalue weighted by Crippen LogP contribution is -2.03. The van der Waals surface area contributed by atoms with E-state index in [1.54, 1.807) is 0 Å². The molecule has 1 saturated heterocycles. The van der Waals surface area contributed by atoms with Crippen molar-refractivity contribution in [1.82, 2.24) is 4.90 Å². The molecule has 0 spiro atoms. The minimum atomic E-state index is 0.861. The first kappa shape index (κ1) is 7.03. The lowest BCUT2D eigenvalue weighted by Gasteiger charge is -1.99. The number of hydrogen-bond donors (Lipinski definition) is 0. The SMILES string of the molecule is CCOCCCN1CC1. The van der Waals surface area contributed by atoms with E-state index in [-0.39, 0.29) is 0 Å². The molecule has 1 aliphatic heterocycles. The normalized spacial score (nSPS) is 18.3. The lowest BCUT2D eigenvalue weighted by atomic mass is 10.4. The van der Waals surface area contributed by atoms with E-state index >= 15 is 0 Å². The first-order valence-electron chi connectivity index (χ1n) is 3.73. The molecular weight excluding hydrogens is 114 g/mol. The molecule has 0 unspecified atom stereocenters. The molecule has 0 aromatic heterocycles. The summed E-state index contributed by atoms with van der Waals surface area (Å²) in [6, 6.07) is 0. The summed E-state index contributed by atoms with van der Waals surface area (Å²) < 4.78 is 5.18. The van der Waals surface area contributed by atoms with Gasteiger partial charge in [0.1, 0.15) is 0 Å². The molecule has 0 aromatic rings. The third-order valence-electron chi connectivity index (χ3n) is 1.51. The highest BCUT2D eigenvalue weighted by Crippen LogP contribution is 2.02. The number of rotatable bonds is 5. The van der Waals surface area contributed by atoms with E-state index in [0.29, 0.717) is 0 Å². The smallest absolute Gasteiger partial charge is 0.0478 e. The minimum absolute atomic E-state index is 0.861. The first-order chi connectivity index (χ1) is 4.43. The maximum Gasteiger partial charge on any atom is 0.0478 e. The van der Waals surface area contributed by atoms with Crippen molar-refractivity contribution in [2.75, 3.05) is 32.8 Å². The van der Waals surface area contributed by atoms with Crippen LogP contribution in [-0.4, -0.2) is 37.7 Å². The topological polar surface area (TPSA) is 12.2 Å². The fraction of sp³-hybridized carbons (Fsp3) is 1.00. The molecule has 0 bridgehead atoms. The third kappa shape index (κ3) is 3.49. The van der Waals surface area contributed by atoms with Crippen LogP contribution in [0.5, 0.6) is 0 Å². The monoisotopic (exact) mass is 129 g/mol. The van der Waals surface area contributed by atoms with E-state index < -0.39 is 0 Å². The summed E-state index contributed by atoms with van der Waals surface area (Å²) in [4.78, 5) is 2.42. The molecule has 9 heavy (non-hydrogen) atoms. The second-order valence-electron chi connectivity index (χ2n) is 2.39. The Morgan fingerprint density at radius 1 is 1.44 bits per heavy atom. The van der Waals surface area contributed by atoms with Gasteiger partial charge in [-0.15, -0.1) is 0 Å². The molecular formula is C7H15NO. The second kappa shape index (κ2) is 3.85. The fourth-order valence-electron chi connectivity index (χ4n) is 0.829. The number of hydrogen-bond acceptors (Lipinski definition) is 2. The van der Waals surface area contributed by atoms with Crippen molar-refractivity contribution < 1.29 is 4.74 Å². The van der Waals surface area contributed by atoms with Crippen LogP contribution in [-0.2, 0) is 4.74 Å². The van der Waals surface area contributed by atoms with Gasteiger partial charge in [0.2, 0.25) is 0 Å². The van der Waals surface area contributed by atoms with Crippen LogP contribution >= 0.6 is 0 Å². The van der Waals surface area contributed by atoms with E-state index in [1.807, 2.05) is 6.92 Å².